The van der Waals surface area contributed by atoms with Gasteiger partial charge < -0.3 is 4.74 Å². The summed E-state index contributed by atoms with van der Waals surface area (Å²) >= 11 is 0. The van der Waals surface area contributed by atoms with Gasteiger partial charge in [0.2, 0.25) is 0 Å². The smallest absolute Gasteiger partial charge is 0.338 e. The van der Waals surface area contributed by atoms with Crippen molar-refractivity contribution in [2.75, 3.05) is 12.9 Å². The topological polar surface area (TPSA) is 60.4 Å². The van der Waals surface area contributed by atoms with E-state index in [2.05, 4.69) is 4.74 Å². The Hall–Kier alpha value is -1.36. The van der Waals surface area contributed by atoms with Crippen molar-refractivity contribution >= 4 is 15.8 Å². The molecule has 0 N–H and O–H groups in total. The normalized spacial score (nSPS) is 20.4. The van der Waals surface area contributed by atoms with Crippen LogP contribution >= 0.6 is 0 Å². The molecule has 1 aromatic rings. The van der Waals surface area contributed by atoms with Crippen molar-refractivity contribution in [1.82, 2.24) is 0 Å². The monoisotopic (exact) mass is 282 g/mol. The summed E-state index contributed by atoms with van der Waals surface area (Å²) in [5.41, 5.74) is 1.92. The van der Waals surface area contributed by atoms with Gasteiger partial charge in [-0.05, 0) is 30.0 Å². The molecule has 5 heteroatoms. The number of methoxy groups -OCH3 is 1. The Bertz CT molecular complexity index is 629. The number of hydrogen-bond donors (Lipinski definition) is 0. The van der Waals surface area contributed by atoms with E-state index >= 15 is 0 Å². The van der Waals surface area contributed by atoms with Gasteiger partial charge in [0, 0.05) is 5.92 Å². The van der Waals surface area contributed by atoms with Crippen molar-refractivity contribution in [2.24, 2.45) is 5.92 Å². The molecular formula is C14H18O4S. The summed E-state index contributed by atoms with van der Waals surface area (Å²) in [6, 6.07) is 3.28. The molecule has 0 aromatic heterocycles. The molecule has 0 bridgehead atoms. The average molecular weight is 282 g/mol. The molecule has 0 saturated heterocycles. The highest BCUT2D eigenvalue weighted by atomic mass is 32.2. The third-order valence-corrected chi connectivity index (χ3v) is 5.52. The van der Waals surface area contributed by atoms with E-state index in [9.17, 15) is 13.2 Å². The van der Waals surface area contributed by atoms with Crippen LogP contribution in [0, 0.1) is 12.8 Å². The van der Waals surface area contributed by atoms with Crippen LogP contribution < -0.4 is 0 Å². The molecule has 1 aromatic carbocycles. The van der Waals surface area contributed by atoms with E-state index in [1.807, 2.05) is 19.9 Å². The van der Waals surface area contributed by atoms with Crippen LogP contribution in [-0.4, -0.2) is 27.2 Å². The maximum Gasteiger partial charge on any atom is 0.338 e. The fourth-order valence-corrected chi connectivity index (χ4v) is 4.65. The molecule has 1 heterocycles. The number of rotatable bonds is 2. The van der Waals surface area contributed by atoms with Gasteiger partial charge in [-0.3, -0.25) is 0 Å². The maximum absolute atomic E-state index is 12.2. The second-order valence-electron chi connectivity index (χ2n) is 5.33. The van der Waals surface area contributed by atoms with Crippen LogP contribution in [0.25, 0.3) is 0 Å². The highest BCUT2D eigenvalue weighted by Gasteiger charge is 2.37. The van der Waals surface area contributed by atoms with Crippen LogP contribution in [0.1, 0.15) is 41.3 Å². The van der Waals surface area contributed by atoms with Gasteiger partial charge in [-0.2, -0.15) is 0 Å². The van der Waals surface area contributed by atoms with Gasteiger partial charge in [-0.25, -0.2) is 13.2 Å². The van der Waals surface area contributed by atoms with E-state index in [4.69, 9.17) is 0 Å². The molecule has 2 rings (SSSR count). The van der Waals surface area contributed by atoms with Crippen LogP contribution in [0.3, 0.4) is 0 Å². The molecule has 1 aliphatic heterocycles. The van der Waals surface area contributed by atoms with Crippen LogP contribution in [-0.2, 0) is 14.6 Å². The summed E-state index contributed by atoms with van der Waals surface area (Å²) in [5.74, 6) is -0.113. The highest BCUT2D eigenvalue weighted by Crippen LogP contribution is 2.40. The SMILES string of the molecule is COC(=O)c1cc2c(cc1C)C(C(C)C)CS2(=O)=O. The zero-order valence-electron chi connectivity index (χ0n) is 11.6. The standard InChI is InChI=1S/C14H18O4S/c1-8(2)12-7-19(16,17)13-6-10(14(15)18-4)9(3)5-11(12)13/h5-6,8,12H,7H2,1-4H3. The van der Waals surface area contributed by atoms with Crippen LogP contribution in [0.5, 0.6) is 0 Å². The first-order valence-corrected chi connectivity index (χ1v) is 7.88. The Kier molecular flexibility index (Phi) is 3.43. The zero-order valence-corrected chi connectivity index (χ0v) is 12.4. The third-order valence-electron chi connectivity index (χ3n) is 3.70. The van der Waals surface area contributed by atoms with E-state index in [-0.39, 0.29) is 22.5 Å². The molecule has 0 aliphatic carbocycles. The Morgan fingerprint density at radius 1 is 1.37 bits per heavy atom. The Morgan fingerprint density at radius 2 is 2.00 bits per heavy atom. The summed E-state index contributed by atoms with van der Waals surface area (Å²) in [5, 5.41) is 0. The predicted molar refractivity (Wildman–Crippen MR) is 72.2 cm³/mol. The Balaban J connectivity index is 2.66. The number of aryl methyl sites for hydroxylation is 1. The summed E-state index contributed by atoms with van der Waals surface area (Å²) in [6.45, 7) is 5.83. The minimum absolute atomic E-state index is 0.00500. The molecule has 1 atom stereocenters. The van der Waals surface area contributed by atoms with Gasteiger partial charge in [0.05, 0.1) is 23.3 Å². The van der Waals surface area contributed by atoms with Gasteiger partial charge in [-0.1, -0.05) is 19.9 Å². The molecule has 0 spiro atoms. The number of carbonyl (C=O) groups excluding carboxylic acids is 1. The zero-order chi connectivity index (χ0) is 14.4. The Labute approximate surface area is 113 Å². The molecule has 19 heavy (non-hydrogen) atoms. The maximum atomic E-state index is 12.2. The predicted octanol–water partition coefficient (Wildman–Crippen LogP) is 2.31. The quantitative estimate of drug-likeness (QED) is 0.781. The molecule has 0 fully saturated rings. The van der Waals surface area contributed by atoms with Crippen molar-refractivity contribution in [3.8, 4) is 0 Å². The number of hydrogen-bond acceptors (Lipinski definition) is 4. The number of carbonyl (C=O) groups is 1. The first-order chi connectivity index (χ1) is 8.77. The van der Waals surface area contributed by atoms with E-state index in [0.29, 0.717) is 5.56 Å². The summed E-state index contributed by atoms with van der Waals surface area (Å²) in [7, 11) is -2.00. The van der Waals surface area contributed by atoms with Crippen molar-refractivity contribution in [1.29, 1.82) is 0 Å². The molecule has 0 radical (unpaired) electrons. The lowest BCUT2D eigenvalue weighted by Gasteiger charge is -2.15. The molecule has 104 valence electrons. The molecule has 1 unspecified atom stereocenters. The summed E-state index contributed by atoms with van der Waals surface area (Å²) in [4.78, 5) is 11.9. The van der Waals surface area contributed by atoms with Gasteiger partial charge >= 0.3 is 5.97 Å². The highest BCUT2D eigenvalue weighted by molar-refractivity contribution is 7.91. The van der Waals surface area contributed by atoms with Crippen molar-refractivity contribution in [2.45, 2.75) is 31.6 Å². The lowest BCUT2D eigenvalue weighted by atomic mass is 9.88. The number of ether oxygens (including phenoxy) is 1. The van der Waals surface area contributed by atoms with Gasteiger partial charge in [0.25, 0.3) is 0 Å². The van der Waals surface area contributed by atoms with Crippen LogP contribution in [0.15, 0.2) is 17.0 Å². The average Bonchev–Trinajstić information content (AvgIpc) is 2.59. The first-order valence-electron chi connectivity index (χ1n) is 6.23. The largest absolute Gasteiger partial charge is 0.465 e. The van der Waals surface area contributed by atoms with Gasteiger partial charge in [0.15, 0.2) is 9.84 Å². The van der Waals surface area contributed by atoms with Crippen molar-refractivity contribution in [3.05, 3.63) is 28.8 Å². The summed E-state index contributed by atoms with van der Waals surface area (Å²) < 4.78 is 29.1. The fraction of sp³-hybridized carbons (Fsp3) is 0.500. The van der Waals surface area contributed by atoms with Crippen molar-refractivity contribution < 1.29 is 17.9 Å². The van der Waals surface area contributed by atoms with E-state index in [1.165, 1.54) is 13.2 Å². The van der Waals surface area contributed by atoms with E-state index in [1.54, 1.807) is 6.92 Å². The second kappa shape index (κ2) is 4.63. The lowest BCUT2D eigenvalue weighted by Crippen LogP contribution is -2.09. The fourth-order valence-electron chi connectivity index (χ4n) is 2.57. The van der Waals surface area contributed by atoms with E-state index in [0.717, 1.165) is 11.1 Å². The number of benzene rings is 1. The number of fused-ring (bicyclic) bond motifs is 1. The van der Waals surface area contributed by atoms with Crippen LogP contribution in [0.4, 0.5) is 0 Å². The molecule has 4 nitrogen and oxygen atoms in total. The number of sulfone groups is 1. The molecule has 0 saturated carbocycles. The van der Waals surface area contributed by atoms with Crippen molar-refractivity contribution in [3.63, 3.8) is 0 Å². The van der Waals surface area contributed by atoms with E-state index < -0.39 is 15.8 Å². The molecule has 0 amide bonds. The second-order valence-corrected chi connectivity index (χ2v) is 7.33. The minimum Gasteiger partial charge on any atom is -0.465 e. The lowest BCUT2D eigenvalue weighted by molar-refractivity contribution is 0.0599. The number of esters is 1. The third kappa shape index (κ3) is 2.27. The first kappa shape index (κ1) is 14.1. The van der Waals surface area contributed by atoms with Gasteiger partial charge in [0.1, 0.15) is 0 Å². The molecule has 1 aliphatic rings. The Morgan fingerprint density at radius 3 is 2.53 bits per heavy atom. The van der Waals surface area contributed by atoms with Gasteiger partial charge in [-0.15, -0.1) is 0 Å². The molecular weight excluding hydrogens is 264 g/mol. The summed E-state index contributed by atoms with van der Waals surface area (Å²) in [6.07, 6.45) is 0. The minimum atomic E-state index is -3.29. The van der Waals surface area contributed by atoms with Crippen LogP contribution in [0.2, 0.25) is 0 Å².